The molecule has 2 rings (SSSR count). The number of hydrogen-bond donors (Lipinski definition) is 0. The summed E-state index contributed by atoms with van der Waals surface area (Å²) in [4.78, 5) is 6.64. The highest BCUT2D eigenvalue weighted by atomic mass is 35.5. The largest absolute Gasteiger partial charge is 0.296 e. The molecule has 1 fully saturated rings. The highest BCUT2D eigenvalue weighted by Crippen LogP contribution is 2.26. The van der Waals surface area contributed by atoms with Gasteiger partial charge >= 0.3 is 0 Å². The topological polar surface area (TPSA) is 16.1 Å². The van der Waals surface area contributed by atoms with Gasteiger partial charge in [0.2, 0.25) is 0 Å². The van der Waals surface area contributed by atoms with Crippen molar-refractivity contribution in [2.24, 2.45) is 0 Å². The summed E-state index contributed by atoms with van der Waals surface area (Å²) in [7, 11) is 0. The monoisotopic (exact) mass is 286 g/mol. The molecule has 0 radical (unpaired) electrons. The minimum absolute atomic E-state index is 0.462. The van der Waals surface area contributed by atoms with Crippen LogP contribution in [0.25, 0.3) is 0 Å². The van der Waals surface area contributed by atoms with Gasteiger partial charge in [-0.1, -0.05) is 49.4 Å². The molecule has 1 aliphatic rings. The van der Waals surface area contributed by atoms with Crippen molar-refractivity contribution in [3.8, 4) is 0 Å². The second kappa shape index (κ2) is 6.74. The Hall–Kier alpha value is -0.310. The van der Waals surface area contributed by atoms with E-state index in [0.717, 1.165) is 23.7 Å². The second-order valence-electron chi connectivity index (χ2n) is 4.95. The summed E-state index contributed by atoms with van der Waals surface area (Å²) < 4.78 is 0. The van der Waals surface area contributed by atoms with Gasteiger partial charge < -0.3 is 0 Å². The third-order valence-electron chi connectivity index (χ3n) is 3.77. The zero-order valence-corrected chi connectivity index (χ0v) is 12.3. The van der Waals surface area contributed by atoms with E-state index in [-0.39, 0.29) is 0 Å². The maximum Gasteiger partial charge on any atom is 0.130 e. The van der Waals surface area contributed by atoms with Crippen LogP contribution in [0, 0.1) is 0 Å². The molecule has 2 nitrogen and oxygen atoms in total. The summed E-state index contributed by atoms with van der Waals surface area (Å²) in [6.07, 6.45) is 8.52. The molecule has 0 spiro atoms. The van der Waals surface area contributed by atoms with E-state index in [2.05, 4.69) is 16.8 Å². The Bertz CT molecular complexity index is 389. The number of hydrogen-bond acceptors (Lipinski definition) is 2. The molecule has 0 N–H and O–H groups in total. The molecular formula is C14H20Cl2N2. The van der Waals surface area contributed by atoms with E-state index in [9.17, 15) is 0 Å². The van der Waals surface area contributed by atoms with Crippen molar-refractivity contribution in [3.05, 3.63) is 28.0 Å². The van der Waals surface area contributed by atoms with Crippen LogP contribution in [0.3, 0.4) is 0 Å². The molecule has 100 valence electrons. The van der Waals surface area contributed by atoms with Gasteiger partial charge in [-0.05, 0) is 25.5 Å². The minimum atomic E-state index is 0.462. The van der Waals surface area contributed by atoms with Gasteiger partial charge in [0, 0.05) is 29.4 Å². The van der Waals surface area contributed by atoms with Crippen LogP contribution in [-0.2, 0) is 6.54 Å². The smallest absolute Gasteiger partial charge is 0.130 e. The summed E-state index contributed by atoms with van der Waals surface area (Å²) in [6, 6.07) is 2.43. The average Bonchev–Trinajstić information content (AvgIpc) is 2.39. The molecule has 1 heterocycles. The van der Waals surface area contributed by atoms with Crippen molar-refractivity contribution in [2.75, 3.05) is 6.54 Å². The Balaban J connectivity index is 2.04. The lowest BCUT2D eigenvalue weighted by atomic mass is 9.94. The summed E-state index contributed by atoms with van der Waals surface area (Å²) in [6.45, 7) is 4.15. The Morgan fingerprint density at radius 2 is 2.00 bits per heavy atom. The van der Waals surface area contributed by atoms with Crippen molar-refractivity contribution >= 4 is 23.2 Å². The number of rotatable bonds is 4. The number of nitrogens with zero attached hydrogens (tertiary/aromatic N) is 2. The van der Waals surface area contributed by atoms with Gasteiger partial charge in [-0.2, -0.15) is 0 Å². The summed E-state index contributed by atoms with van der Waals surface area (Å²) >= 11 is 12.0. The zero-order chi connectivity index (χ0) is 13.0. The molecule has 0 unspecified atom stereocenters. The van der Waals surface area contributed by atoms with E-state index in [4.69, 9.17) is 23.2 Å². The quantitative estimate of drug-likeness (QED) is 0.756. The molecule has 0 aromatic carbocycles. The van der Waals surface area contributed by atoms with Crippen LogP contribution < -0.4 is 0 Å². The Kier molecular flexibility index (Phi) is 5.28. The SMILES string of the molecule is CCN(Cc1cnc(Cl)cc1Cl)C1CCCCC1. The fraction of sp³-hybridized carbons (Fsp3) is 0.643. The van der Waals surface area contributed by atoms with Gasteiger partial charge in [-0.15, -0.1) is 0 Å². The maximum atomic E-state index is 6.22. The van der Waals surface area contributed by atoms with Crippen LogP contribution in [0.5, 0.6) is 0 Å². The summed E-state index contributed by atoms with van der Waals surface area (Å²) in [5.74, 6) is 0. The first-order chi connectivity index (χ1) is 8.70. The highest BCUT2D eigenvalue weighted by molar-refractivity contribution is 6.34. The highest BCUT2D eigenvalue weighted by Gasteiger charge is 2.20. The van der Waals surface area contributed by atoms with E-state index in [1.54, 1.807) is 12.3 Å². The van der Waals surface area contributed by atoms with Crippen LogP contribution in [0.15, 0.2) is 12.3 Å². The van der Waals surface area contributed by atoms with Gasteiger partial charge in [-0.3, -0.25) is 4.90 Å². The molecule has 1 saturated carbocycles. The van der Waals surface area contributed by atoms with Crippen molar-refractivity contribution in [1.29, 1.82) is 0 Å². The normalized spacial score (nSPS) is 17.3. The van der Waals surface area contributed by atoms with Gasteiger partial charge in [-0.25, -0.2) is 4.98 Å². The zero-order valence-electron chi connectivity index (χ0n) is 10.8. The molecule has 1 aliphatic carbocycles. The van der Waals surface area contributed by atoms with Gasteiger partial charge in [0.05, 0.1) is 0 Å². The molecular weight excluding hydrogens is 267 g/mol. The van der Waals surface area contributed by atoms with Crippen LogP contribution in [-0.4, -0.2) is 22.5 Å². The van der Waals surface area contributed by atoms with E-state index in [0.29, 0.717) is 11.2 Å². The summed E-state index contributed by atoms with van der Waals surface area (Å²) in [5, 5.41) is 1.19. The Morgan fingerprint density at radius 3 is 2.61 bits per heavy atom. The number of aromatic nitrogens is 1. The first-order valence-corrected chi connectivity index (χ1v) is 7.50. The van der Waals surface area contributed by atoms with E-state index >= 15 is 0 Å². The fourth-order valence-electron chi connectivity index (χ4n) is 2.72. The molecule has 0 saturated heterocycles. The van der Waals surface area contributed by atoms with Crippen molar-refractivity contribution < 1.29 is 0 Å². The molecule has 0 aliphatic heterocycles. The average molecular weight is 287 g/mol. The van der Waals surface area contributed by atoms with Crippen LogP contribution >= 0.6 is 23.2 Å². The molecule has 1 aromatic heterocycles. The van der Waals surface area contributed by atoms with E-state index in [1.165, 1.54) is 32.1 Å². The lowest BCUT2D eigenvalue weighted by Gasteiger charge is -2.33. The fourth-order valence-corrected chi connectivity index (χ4v) is 3.14. The minimum Gasteiger partial charge on any atom is -0.296 e. The summed E-state index contributed by atoms with van der Waals surface area (Å²) in [5.41, 5.74) is 1.08. The third-order valence-corrected chi connectivity index (χ3v) is 4.33. The first kappa shape index (κ1) is 14.1. The lowest BCUT2D eigenvalue weighted by Crippen LogP contribution is -2.36. The molecule has 0 amide bonds. The Morgan fingerprint density at radius 1 is 1.28 bits per heavy atom. The predicted octanol–water partition coefficient (Wildman–Crippen LogP) is 4.54. The van der Waals surface area contributed by atoms with Crippen LogP contribution in [0.2, 0.25) is 10.2 Å². The van der Waals surface area contributed by atoms with E-state index < -0.39 is 0 Å². The molecule has 1 aromatic rings. The standard InChI is InChI=1S/C14H20Cl2N2/c1-2-18(12-6-4-3-5-7-12)10-11-9-17-14(16)8-13(11)15/h8-9,12H,2-7,10H2,1H3. The lowest BCUT2D eigenvalue weighted by molar-refractivity contribution is 0.156. The molecule has 0 atom stereocenters. The van der Waals surface area contributed by atoms with Crippen molar-refractivity contribution in [1.82, 2.24) is 9.88 Å². The maximum absolute atomic E-state index is 6.22. The second-order valence-corrected chi connectivity index (χ2v) is 5.75. The van der Waals surface area contributed by atoms with E-state index in [1.807, 2.05) is 0 Å². The first-order valence-electron chi connectivity index (χ1n) is 6.74. The van der Waals surface area contributed by atoms with Crippen LogP contribution in [0.1, 0.15) is 44.6 Å². The molecule has 0 bridgehead atoms. The predicted molar refractivity (Wildman–Crippen MR) is 77.2 cm³/mol. The number of pyridine rings is 1. The number of halogens is 2. The van der Waals surface area contributed by atoms with Gasteiger partial charge in [0.15, 0.2) is 0 Å². The third kappa shape index (κ3) is 3.59. The van der Waals surface area contributed by atoms with Gasteiger partial charge in [0.1, 0.15) is 5.15 Å². The van der Waals surface area contributed by atoms with Crippen molar-refractivity contribution in [3.63, 3.8) is 0 Å². The molecule has 4 heteroatoms. The Labute approximate surface area is 119 Å². The van der Waals surface area contributed by atoms with Crippen LogP contribution in [0.4, 0.5) is 0 Å². The van der Waals surface area contributed by atoms with Crippen molar-refractivity contribution in [2.45, 2.75) is 51.6 Å². The molecule has 18 heavy (non-hydrogen) atoms. The van der Waals surface area contributed by atoms with Gasteiger partial charge in [0.25, 0.3) is 0 Å².